The second-order valence-electron chi connectivity index (χ2n) is 6.40. The van der Waals surface area contributed by atoms with Crippen molar-refractivity contribution in [1.82, 2.24) is 5.32 Å². The maximum atomic E-state index is 12.2. The number of ether oxygens (including phenoxy) is 1. The highest BCUT2D eigenvalue weighted by molar-refractivity contribution is 6.01. The summed E-state index contributed by atoms with van der Waals surface area (Å²) in [4.78, 5) is 12.2. The number of amides is 1. The molecule has 1 aliphatic rings. The Kier molecular flexibility index (Phi) is 6.22. The van der Waals surface area contributed by atoms with Crippen LogP contribution in [0.4, 0.5) is 0 Å². The van der Waals surface area contributed by atoms with Crippen LogP contribution < -0.4 is 10.1 Å². The van der Waals surface area contributed by atoms with Gasteiger partial charge in [-0.05, 0) is 42.5 Å². The van der Waals surface area contributed by atoms with E-state index in [2.05, 4.69) is 19.2 Å². The van der Waals surface area contributed by atoms with Crippen molar-refractivity contribution in [3.63, 3.8) is 0 Å². The molecule has 0 saturated heterocycles. The standard InChI is InChI=1S/C19H24N2O2/c1-14(2)13-23-18-9-7-15(8-10-18)11-16(12-20)19(22)21-17-5-3-4-6-17/h7-11,14,17H,3-6,13H2,1-2H3,(H,21,22). The summed E-state index contributed by atoms with van der Waals surface area (Å²) in [6.07, 6.45) is 5.93. The summed E-state index contributed by atoms with van der Waals surface area (Å²) in [7, 11) is 0. The Labute approximate surface area is 138 Å². The van der Waals surface area contributed by atoms with E-state index in [1.807, 2.05) is 30.3 Å². The van der Waals surface area contributed by atoms with Gasteiger partial charge < -0.3 is 10.1 Å². The van der Waals surface area contributed by atoms with Crippen molar-refractivity contribution in [1.29, 1.82) is 5.26 Å². The van der Waals surface area contributed by atoms with Gasteiger partial charge in [0.05, 0.1) is 6.61 Å². The van der Waals surface area contributed by atoms with Gasteiger partial charge in [-0.2, -0.15) is 5.26 Å². The van der Waals surface area contributed by atoms with Crippen molar-refractivity contribution >= 4 is 12.0 Å². The summed E-state index contributed by atoms with van der Waals surface area (Å²) in [6.45, 7) is 4.86. The van der Waals surface area contributed by atoms with Crippen LogP contribution in [0.2, 0.25) is 0 Å². The fraction of sp³-hybridized carbons (Fsp3) is 0.474. The van der Waals surface area contributed by atoms with E-state index in [4.69, 9.17) is 4.74 Å². The molecule has 0 atom stereocenters. The minimum Gasteiger partial charge on any atom is -0.493 e. The molecular weight excluding hydrogens is 288 g/mol. The first-order valence-corrected chi connectivity index (χ1v) is 8.24. The third-order valence-electron chi connectivity index (χ3n) is 3.83. The number of carbonyl (C=O) groups excluding carboxylic acids is 1. The van der Waals surface area contributed by atoms with E-state index in [0.29, 0.717) is 12.5 Å². The van der Waals surface area contributed by atoms with Crippen LogP contribution >= 0.6 is 0 Å². The third-order valence-corrected chi connectivity index (χ3v) is 3.83. The van der Waals surface area contributed by atoms with Crippen LogP contribution in [-0.2, 0) is 4.79 Å². The molecular formula is C19H24N2O2. The molecule has 0 spiro atoms. The fourth-order valence-electron chi connectivity index (χ4n) is 2.57. The minimum atomic E-state index is -0.278. The number of hydrogen-bond acceptors (Lipinski definition) is 3. The molecule has 4 heteroatoms. The van der Waals surface area contributed by atoms with Crippen molar-refractivity contribution in [2.45, 2.75) is 45.6 Å². The molecule has 1 fully saturated rings. The Morgan fingerprint density at radius 1 is 1.35 bits per heavy atom. The zero-order chi connectivity index (χ0) is 16.7. The monoisotopic (exact) mass is 312 g/mol. The third kappa shape index (κ3) is 5.45. The Balaban J connectivity index is 1.99. The highest BCUT2D eigenvalue weighted by Gasteiger charge is 2.19. The fourth-order valence-corrected chi connectivity index (χ4v) is 2.57. The topological polar surface area (TPSA) is 62.1 Å². The van der Waals surface area contributed by atoms with Gasteiger partial charge in [0.2, 0.25) is 0 Å². The summed E-state index contributed by atoms with van der Waals surface area (Å²) in [5, 5.41) is 12.2. The average Bonchev–Trinajstić information content (AvgIpc) is 3.04. The second-order valence-corrected chi connectivity index (χ2v) is 6.40. The largest absolute Gasteiger partial charge is 0.493 e. The molecule has 4 nitrogen and oxygen atoms in total. The number of carbonyl (C=O) groups is 1. The molecule has 0 radical (unpaired) electrons. The molecule has 0 heterocycles. The lowest BCUT2D eigenvalue weighted by atomic mass is 10.1. The Bertz CT molecular complexity index is 591. The molecule has 23 heavy (non-hydrogen) atoms. The molecule has 1 aliphatic carbocycles. The number of benzene rings is 1. The second kappa shape index (κ2) is 8.38. The molecule has 1 aromatic rings. The Hall–Kier alpha value is -2.28. The van der Waals surface area contributed by atoms with Crippen LogP contribution in [0, 0.1) is 17.2 Å². The molecule has 122 valence electrons. The molecule has 1 amide bonds. The number of nitrogens with zero attached hydrogens (tertiary/aromatic N) is 1. The Morgan fingerprint density at radius 3 is 2.57 bits per heavy atom. The van der Waals surface area contributed by atoms with Crippen molar-refractivity contribution in [2.24, 2.45) is 5.92 Å². The van der Waals surface area contributed by atoms with E-state index in [9.17, 15) is 10.1 Å². The van der Waals surface area contributed by atoms with Crippen molar-refractivity contribution in [3.05, 3.63) is 35.4 Å². The summed E-state index contributed by atoms with van der Waals surface area (Å²) in [5.74, 6) is 0.989. The van der Waals surface area contributed by atoms with Crippen LogP contribution in [0.5, 0.6) is 5.75 Å². The summed E-state index contributed by atoms with van der Waals surface area (Å²) in [5.41, 5.74) is 0.966. The SMILES string of the molecule is CC(C)COc1ccc(C=C(C#N)C(=O)NC2CCCC2)cc1. The van der Waals surface area contributed by atoms with Crippen molar-refractivity contribution < 1.29 is 9.53 Å². The summed E-state index contributed by atoms with van der Waals surface area (Å²) < 4.78 is 5.62. The van der Waals surface area contributed by atoms with Crippen LogP contribution in [-0.4, -0.2) is 18.6 Å². The van der Waals surface area contributed by atoms with Gasteiger partial charge in [-0.25, -0.2) is 0 Å². The zero-order valence-corrected chi connectivity index (χ0v) is 13.8. The molecule has 1 N–H and O–H groups in total. The van der Waals surface area contributed by atoms with Gasteiger partial charge in [-0.1, -0.05) is 38.8 Å². The first-order chi connectivity index (χ1) is 11.1. The van der Waals surface area contributed by atoms with E-state index in [-0.39, 0.29) is 17.5 Å². The molecule has 0 unspecified atom stereocenters. The van der Waals surface area contributed by atoms with E-state index in [0.717, 1.165) is 37.0 Å². The lowest BCUT2D eigenvalue weighted by Crippen LogP contribution is -2.33. The van der Waals surface area contributed by atoms with E-state index >= 15 is 0 Å². The predicted molar refractivity (Wildman–Crippen MR) is 90.8 cm³/mol. The zero-order valence-electron chi connectivity index (χ0n) is 13.8. The van der Waals surface area contributed by atoms with Gasteiger partial charge in [-0.15, -0.1) is 0 Å². The Morgan fingerprint density at radius 2 is 2.00 bits per heavy atom. The summed E-state index contributed by atoms with van der Waals surface area (Å²) >= 11 is 0. The lowest BCUT2D eigenvalue weighted by molar-refractivity contribution is -0.117. The quantitative estimate of drug-likeness (QED) is 0.643. The van der Waals surface area contributed by atoms with Crippen LogP contribution in [0.15, 0.2) is 29.8 Å². The van der Waals surface area contributed by atoms with Gasteiger partial charge in [0.15, 0.2) is 0 Å². The van der Waals surface area contributed by atoms with Gasteiger partial charge in [0.25, 0.3) is 5.91 Å². The maximum Gasteiger partial charge on any atom is 0.262 e. The first-order valence-electron chi connectivity index (χ1n) is 8.24. The summed E-state index contributed by atoms with van der Waals surface area (Å²) in [6, 6.07) is 9.64. The lowest BCUT2D eigenvalue weighted by Gasteiger charge is -2.11. The molecule has 0 bridgehead atoms. The molecule has 0 aliphatic heterocycles. The molecule has 1 aromatic carbocycles. The van der Waals surface area contributed by atoms with E-state index < -0.39 is 0 Å². The van der Waals surface area contributed by atoms with Crippen molar-refractivity contribution in [3.8, 4) is 11.8 Å². The van der Waals surface area contributed by atoms with Crippen LogP contribution in [0.1, 0.15) is 45.1 Å². The van der Waals surface area contributed by atoms with Gasteiger partial charge >= 0.3 is 0 Å². The number of nitriles is 1. The first kappa shape index (κ1) is 17.1. The normalized spacial score (nSPS) is 15.5. The minimum absolute atomic E-state index is 0.146. The van der Waals surface area contributed by atoms with E-state index in [1.54, 1.807) is 6.08 Å². The number of nitrogens with one attached hydrogen (secondary N) is 1. The predicted octanol–water partition coefficient (Wildman–Crippen LogP) is 3.69. The van der Waals surface area contributed by atoms with Gasteiger partial charge in [0.1, 0.15) is 17.4 Å². The van der Waals surface area contributed by atoms with Gasteiger partial charge in [-0.3, -0.25) is 4.79 Å². The van der Waals surface area contributed by atoms with E-state index in [1.165, 1.54) is 0 Å². The van der Waals surface area contributed by atoms with Crippen LogP contribution in [0.3, 0.4) is 0 Å². The smallest absolute Gasteiger partial charge is 0.262 e. The van der Waals surface area contributed by atoms with Crippen molar-refractivity contribution in [2.75, 3.05) is 6.61 Å². The molecule has 1 saturated carbocycles. The maximum absolute atomic E-state index is 12.2. The molecule has 0 aromatic heterocycles. The highest BCUT2D eigenvalue weighted by Crippen LogP contribution is 2.19. The molecule has 2 rings (SSSR count). The number of rotatable bonds is 6. The van der Waals surface area contributed by atoms with Crippen LogP contribution in [0.25, 0.3) is 6.08 Å². The number of hydrogen-bond donors (Lipinski definition) is 1. The highest BCUT2D eigenvalue weighted by atomic mass is 16.5. The van der Waals surface area contributed by atoms with Gasteiger partial charge in [0, 0.05) is 6.04 Å². The average molecular weight is 312 g/mol.